The molecule has 1 aromatic rings. The molecule has 0 fully saturated rings. The van der Waals surface area contributed by atoms with E-state index in [1.165, 1.54) is 0 Å². The van der Waals surface area contributed by atoms with Crippen molar-refractivity contribution in [2.75, 3.05) is 11.9 Å². The van der Waals surface area contributed by atoms with Crippen LogP contribution in [0.25, 0.3) is 0 Å². The number of anilines is 1. The lowest BCUT2D eigenvalue weighted by molar-refractivity contribution is -0.114. The topological polar surface area (TPSA) is 55.1 Å². The first-order valence-electron chi connectivity index (χ1n) is 3.58. The molecule has 0 atom stereocenters. The Kier molecular flexibility index (Phi) is 2.92. The highest BCUT2D eigenvalue weighted by atomic mass is 19.1. The second-order valence-electron chi connectivity index (χ2n) is 2.38. The maximum absolute atomic E-state index is 12.8. The molecule has 0 saturated carbocycles. The van der Waals surface area contributed by atoms with Gasteiger partial charge in [-0.15, -0.1) is 0 Å². The lowest BCUT2D eigenvalue weighted by atomic mass is 10.3. The standard InChI is InChI=1S/C8H8F2N2O/c9-5-1-2-6(10)7(3-5)12-8(13)4-11/h1-3H,4,11H2,(H,12,13). The number of benzene rings is 1. The van der Waals surface area contributed by atoms with Crippen molar-refractivity contribution in [3.8, 4) is 0 Å². The zero-order valence-electron chi connectivity index (χ0n) is 6.68. The SMILES string of the molecule is NCC(=O)Nc1cc(F)ccc1F. The van der Waals surface area contributed by atoms with Gasteiger partial charge in [-0.25, -0.2) is 8.78 Å². The van der Waals surface area contributed by atoms with Crippen LogP contribution in [0.5, 0.6) is 0 Å². The van der Waals surface area contributed by atoms with E-state index in [1.807, 2.05) is 0 Å². The van der Waals surface area contributed by atoms with Crippen molar-refractivity contribution >= 4 is 11.6 Å². The first-order chi connectivity index (χ1) is 6.13. The van der Waals surface area contributed by atoms with Gasteiger partial charge < -0.3 is 11.1 Å². The van der Waals surface area contributed by atoms with Crippen LogP contribution in [0, 0.1) is 11.6 Å². The summed E-state index contributed by atoms with van der Waals surface area (Å²) in [7, 11) is 0. The molecule has 1 amide bonds. The summed E-state index contributed by atoms with van der Waals surface area (Å²) in [5.41, 5.74) is 4.78. The molecule has 0 bridgehead atoms. The van der Waals surface area contributed by atoms with Crippen LogP contribution in [0.2, 0.25) is 0 Å². The van der Waals surface area contributed by atoms with E-state index in [2.05, 4.69) is 5.32 Å². The largest absolute Gasteiger partial charge is 0.322 e. The van der Waals surface area contributed by atoms with Crippen molar-refractivity contribution in [3.63, 3.8) is 0 Å². The fourth-order valence-electron chi connectivity index (χ4n) is 0.795. The van der Waals surface area contributed by atoms with Gasteiger partial charge >= 0.3 is 0 Å². The van der Waals surface area contributed by atoms with Gasteiger partial charge in [-0.3, -0.25) is 4.79 Å². The van der Waals surface area contributed by atoms with Gasteiger partial charge in [0.2, 0.25) is 5.91 Å². The van der Waals surface area contributed by atoms with E-state index in [9.17, 15) is 13.6 Å². The van der Waals surface area contributed by atoms with E-state index in [1.54, 1.807) is 0 Å². The summed E-state index contributed by atoms with van der Waals surface area (Å²) in [4.78, 5) is 10.7. The average molecular weight is 186 g/mol. The van der Waals surface area contributed by atoms with Crippen molar-refractivity contribution in [1.82, 2.24) is 0 Å². The molecule has 0 heterocycles. The summed E-state index contributed by atoms with van der Waals surface area (Å²) in [5, 5.41) is 2.12. The molecule has 0 aliphatic carbocycles. The lowest BCUT2D eigenvalue weighted by Gasteiger charge is -2.04. The third kappa shape index (κ3) is 2.48. The quantitative estimate of drug-likeness (QED) is 0.719. The number of halogens is 2. The summed E-state index contributed by atoms with van der Waals surface area (Å²) in [6.07, 6.45) is 0. The summed E-state index contributed by atoms with van der Waals surface area (Å²) in [6.45, 7) is -0.268. The monoisotopic (exact) mass is 186 g/mol. The molecule has 1 aromatic carbocycles. The van der Waals surface area contributed by atoms with Crippen molar-refractivity contribution < 1.29 is 13.6 Å². The average Bonchev–Trinajstić information content (AvgIpc) is 2.11. The van der Waals surface area contributed by atoms with Crippen LogP contribution in [-0.2, 0) is 4.79 Å². The molecular formula is C8H8F2N2O. The molecule has 0 unspecified atom stereocenters. The Balaban J connectivity index is 2.87. The predicted molar refractivity (Wildman–Crippen MR) is 44.0 cm³/mol. The summed E-state index contributed by atoms with van der Waals surface area (Å²) in [5.74, 6) is -1.87. The van der Waals surface area contributed by atoms with Gasteiger partial charge in [-0.05, 0) is 12.1 Å². The van der Waals surface area contributed by atoms with Gasteiger partial charge in [0, 0.05) is 6.07 Å². The van der Waals surface area contributed by atoms with Crippen LogP contribution in [-0.4, -0.2) is 12.5 Å². The molecule has 1 rings (SSSR count). The van der Waals surface area contributed by atoms with E-state index in [4.69, 9.17) is 5.73 Å². The Bertz CT molecular complexity index is 328. The van der Waals surface area contributed by atoms with E-state index in [-0.39, 0.29) is 12.2 Å². The molecule has 0 aliphatic heterocycles. The van der Waals surface area contributed by atoms with Crippen molar-refractivity contribution in [1.29, 1.82) is 0 Å². The molecule has 3 nitrogen and oxygen atoms in total. The maximum atomic E-state index is 12.8. The fourth-order valence-corrected chi connectivity index (χ4v) is 0.795. The molecule has 0 aliphatic rings. The first-order valence-corrected chi connectivity index (χ1v) is 3.58. The van der Waals surface area contributed by atoms with Gasteiger partial charge in [-0.1, -0.05) is 0 Å². The van der Waals surface area contributed by atoms with Crippen LogP contribution in [0.15, 0.2) is 18.2 Å². The van der Waals surface area contributed by atoms with Gasteiger partial charge in [0.1, 0.15) is 11.6 Å². The smallest absolute Gasteiger partial charge is 0.238 e. The van der Waals surface area contributed by atoms with E-state index in [0.717, 1.165) is 18.2 Å². The van der Waals surface area contributed by atoms with Crippen LogP contribution >= 0.6 is 0 Å². The molecule has 13 heavy (non-hydrogen) atoms. The van der Waals surface area contributed by atoms with Crippen molar-refractivity contribution in [3.05, 3.63) is 29.8 Å². The zero-order chi connectivity index (χ0) is 9.84. The molecule has 0 radical (unpaired) electrons. The van der Waals surface area contributed by atoms with E-state index >= 15 is 0 Å². The van der Waals surface area contributed by atoms with Gasteiger partial charge in [0.05, 0.1) is 12.2 Å². The molecule has 70 valence electrons. The molecule has 0 aromatic heterocycles. The predicted octanol–water partition coefficient (Wildman–Crippen LogP) is 0.862. The van der Waals surface area contributed by atoms with Crippen LogP contribution in [0.1, 0.15) is 0 Å². The zero-order valence-corrected chi connectivity index (χ0v) is 6.68. The summed E-state index contributed by atoms with van der Waals surface area (Å²) in [6, 6.07) is 2.79. The summed E-state index contributed by atoms with van der Waals surface area (Å²) < 4.78 is 25.4. The molecule has 3 N–H and O–H groups in total. The highest BCUT2D eigenvalue weighted by Gasteiger charge is 2.05. The number of amides is 1. The highest BCUT2D eigenvalue weighted by molar-refractivity contribution is 5.92. The maximum Gasteiger partial charge on any atom is 0.238 e. The van der Waals surface area contributed by atoms with Crippen molar-refractivity contribution in [2.45, 2.75) is 0 Å². The van der Waals surface area contributed by atoms with Crippen molar-refractivity contribution in [2.24, 2.45) is 5.73 Å². The van der Waals surface area contributed by atoms with Gasteiger partial charge in [0.15, 0.2) is 0 Å². The lowest BCUT2D eigenvalue weighted by Crippen LogP contribution is -2.22. The Morgan fingerprint density at radius 2 is 2.15 bits per heavy atom. The number of hydrogen-bond acceptors (Lipinski definition) is 2. The molecule has 0 spiro atoms. The van der Waals surface area contributed by atoms with Crippen LogP contribution in [0.4, 0.5) is 14.5 Å². The number of nitrogens with one attached hydrogen (secondary N) is 1. The number of carbonyl (C=O) groups is 1. The normalized spacial score (nSPS) is 9.77. The third-order valence-corrected chi connectivity index (χ3v) is 1.39. The van der Waals surface area contributed by atoms with E-state index in [0.29, 0.717) is 0 Å². The molecule has 5 heteroatoms. The fraction of sp³-hybridized carbons (Fsp3) is 0.125. The number of nitrogens with two attached hydrogens (primary N) is 1. The van der Waals surface area contributed by atoms with Crippen LogP contribution in [0.3, 0.4) is 0 Å². The highest BCUT2D eigenvalue weighted by Crippen LogP contribution is 2.14. The van der Waals surface area contributed by atoms with Gasteiger partial charge in [-0.2, -0.15) is 0 Å². The summed E-state index contributed by atoms with van der Waals surface area (Å²) >= 11 is 0. The minimum atomic E-state index is -0.691. The number of rotatable bonds is 2. The Morgan fingerprint density at radius 3 is 2.77 bits per heavy atom. The number of hydrogen-bond donors (Lipinski definition) is 2. The first kappa shape index (κ1) is 9.60. The molecular weight excluding hydrogens is 178 g/mol. The van der Waals surface area contributed by atoms with Crippen LogP contribution < -0.4 is 11.1 Å². The Labute approximate surface area is 73.5 Å². The Morgan fingerprint density at radius 1 is 1.46 bits per heavy atom. The third-order valence-electron chi connectivity index (χ3n) is 1.39. The Hall–Kier alpha value is -1.49. The minimum absolute atomic E-state index is 0.199. The minimum Gasteiger partial charge on any atom is -0.322 e. The second kappa shape index (κ2) is 3.95. The molecule has 0 saturated heterocycles. The van der Waals surface area contributed by atoms with E-state index < -0.39 is 17.5 Å². The number of carbonyl (C=O) groups excluding carboxylic acids is 1. The van der Waals surface area contributed by atoms with Gasteiger partial charge in [0.25, 0.3) is 0 Å². The second-order valence-corrected chi connectivity index (χ2v) is 2.38.